The molecular weight excluding hydrogens is 190 g/mol. The van der Waals surface area contributed by atoms with Gasteiger partial charge in [-0.1, -0.05) is 18.2 Å². The van der Waals surface area contributed by atoms with Gasteiger partial charge in [0.05, 0.1) is 12.0 Å². The minimum atomic E-state index is -0.338. The lowest BCUT2D eigenvalue weighted by Gasteiger charge is -2.16. The molecule has 1 amide bonds. The lowest BCUT2D eigenvalue weighted by molar-refractivity contribution is -0.119. The van der Waals surface area contributed by atoms with Crippen molar-refractivity contribution in [1.29, 1.82) is 0 Å². The quantitative estimate of drug-likeness (QED) is 0.821. The second kappa shape index (κ2) is 4.82. The van der Waals surface area contributed by atoms with E-state index in [-0.39, 0.29) is 17.9 Å². The lowest BCUT2D eigenvalue weighted by atomic mass is 10.00. The molecule has 15 heavy (non-hydrogen) atoms. The highest BCUT2D eigenvalue weighted by molar-refractivity contribution is 5.82. The minimum Gasteiger partial charge on any atom is -0.491 e. The molecule has 0 aliphatic rings. The van der Waals surface area contributed by atoms with Crippen molar-refractivity contribution in [3.8, 4) is 5.75 Å². The van der Waals surface area contributed by atoms with E-state index in [1.54, 1.807) is 6.92 Å². The normalized spacial score (nSPS) is 12.5. The summed E-state index contributed by atoms with van der Waals surface area (Å²) < 4.78 is 5.61. The first-order chi connectivity index (χ1) is 7.02. The maximum Gasteiger partial charge on any atom is 0.224 e. The summed E-state index contributed by atoms with van der Waals surface area (Å²) in [5, 5.41) is 0. The molecule has 0 saturated heterocycles. The summed E-state index contributed by atoms with van der Waals surface area (Å²) in [6, 6.07) is 7.48. The maximum atomic E-state index is 11.1. The summed E-state index contributed by atoms with van der Waals surface area (Å²) in [6.07, 6.45) is 0.0891. The monoisotopic (exact) mass is 207 g/mol. The van der Waals surface area contributed by atoms with Crippen molar-refractivity contribution in [2.75, 3.05) is 0 Å². The van der Waals surface area contributed by atoms with Crippen LogP contribution in [0.2, 0.25) is 0 Å². The Morgan fingerprint density at radius 2 is 1.87 bits per heavy atom. The SMILES string of the molecule is CC(C)Oc1ccccc1C(C)C(N)=O. The Morgan fingerprint density at radius 1 is 1.27 bits per heavy atom. The van der Waals surface area contributed by atoms with Crippen LogP contribution >= 0.6 is 0 Å². The van der Waals surface area contributed by atoms with Gasteiger partial charge in [-0.2, -0.15) is 0 Å². The van der Waals surface area contributed by atoms with Gasteiger partial charge >= 0.3 is 0 Å². The average Bonchev–Trinajstić information content (AvgIpc) is 2.16. The Morgan fingerprint density at radius 3 is 2.40 bits per heavy atom. The molecule has 0 spiro atoms. The van der Waals surface area contributed by atoms with Crippen molar-refractivity contribution >= 4 is 5.91 Å². The molecule has 1 rings (SSSR count). The minimum absolute atomic E-state index is 0.0891. The average molecular weight is 207 g/mol. The molecule has 1 aromatic carbocycles. The zero-order chi connectivity index (χ0) is 11.4. The molecule has 82 valence electrons. The van der Waals surface area contributed by atoms with Gasteiger partial charge in [0.15, 0.2) is 0 Å². The predicted molar refractivity (Wildman–Crippen MR) is 59.8 cm³/mol. The van der Waals surface area contributed by atoms with E-state index in [4.69, 9.17) is 10.5 Å². The molecule has 2 N–H and O–H groups in total. The smallest absolute Gasteiger partial charge is 0.224 e. The number of primary amides is 1. The summed E-state index contributed by atoms with van der Waals surface area (Å²) in [5.41, 5.74) is 6.12. The Kier molecular flexibility index (Phi) is 3.72. The molecule has 0 aliphatic carbocycles. The molecule has 0 fully saturated rings. The number of hydrogen-bond donors (Lipinski definition) is 1. The fourth-order valence-electron chi connectivity index (χ4n) is 1.35. The molecule has 1 atom stereocenters. The van der Waals surface area contributed by atoms with Crippen LogP contribution in [-0.4, -0.2) is 12.0 Å². The third-order valence-corrected chi connectivity index (χ3v) is 2.17. The number of carbonyl (C=O) groups is 1. The Labute approximate surface area is 90.2 Å². The first kappa shape index (κ1) is 11.6. The summed E-state index contributed by atoms with van der Waals surface area (Å²) in [6.45, 7) is 5.68. The highest BCUT2D eigenvalue weighted by Crippen LogP contribution is 2.26. The van der Waals surface area contributed by atoms with Crippen LogP contribution in [0.15, 0.2) is 24.3 Å². The molecular formula is C12H17NO2. The molecule has 0 bridgehead atoms. The van der Waals surface area contributed by atoms with Crippen LogP contribution in [0.3, 0.4) is 0 Å². The largest absolute Gasteiger partial charge is 0.491 e. The van der Waals surface area contributed by atoms with Gasteiger partial charge in [0.2, 0.25) is 5.91 Å². The van der Waals surface area contributed by atoms with Crippen molar-refractivity contribution in [1.82, 2.24) is 0 Å². The number of nitrogens with two attached hydrogens (primary N) is 1. The van der Waals surface area contributed by atoms with Gasteiger partial charge in [0, 0.05) is 5.56 Å². The van der Waals surface area contributed by atoms with E-state index < -0.39 is 0 Å². The highest BCUT2D eigenvalue weighted by Gasteiger charge is 2.16. The maximum absolute atomic E-state index is 11.1. The molecule has 0 saturated carbocycles. The second-order valence-corrected chi connectivity index (χ2v) is 3.83. The topological polar surface area (TPSA) is 52.3 Å². The number of carbonyl (C=O) groups excluding carboxylic acids is 1. The number of ether oxygens (including phenoxy) is 1. The van der Waals surface area contributed by atoms with E-state index in [0.29, 0.717) is 0 Å². The van der Waals surface area contributed by atoms with Crippen molar-refractivity contribution in [2.24, 2.45) is 5.73 Å². The van der Waals surface area contributed by atoms with E-state index >= 15 is 0 Å². The third-order valence-electron chi connectivity index (χ3n) is 2.17. The van der Waals surface area contributed by atoms with Gasteiger partial charge in [-0.05, 0) is 26.8 Å². The van der Waals surface area contributed by atoms with Crippen molar-refractivity contribution in [2.45, 2.75) is 32.8 Å². The van der Waals surface area contributed by atoms with Crippen molar-refractivity contribution in [3.05, 3.63) is 29.8 Å². The van der Waals surface area contributed by atoms with Crippen LogP contribution in [-0.2, 0) is 4.79 Å². The highest BCUT2D eigenvalue weighted by atomic mass is 16.5. The van der Waals surface area contributed by atoms with E-state index in [9.17, 15) is 4.79 Å². The van der Waals surface area contributed by atoms with Crippen molar-refractivity contribution in [3.63, 3.8) is 0 Å². The molecule has 0 heterocycles. The molecule has 3 heteroatoms. The number of benzene rings is 1. The van der Waals surface area contributed by atoms with Crippen LogP contribution in [0.4, 0.5) is 0 Å². The number of para-hydroxylation sites is 1. The van der Waals surface area contributed by atoms with Gasteiger partial charge in [-0.25, -0.2) is 0 Å². The molecule has 0 aromatic heterocycles. The van der Waals surface area contributed by atoms with E-state index in [1.807, 2.05) is 38.1 Å². The van der Waals surface area contributed by atoms with E-state index in [1.165, 1.54) is 0 Å². The fraction of sp³-hybridized carbons (Fsp3) is 0.417. The Bertz CT molecular complexity index is 347. The molecule has 0 radical (unpaired) electrons. The van der Waals surface area contributed by atoms with Crippen LogP contribution < -0.4 is 10.5 Å². The summed E-state index contributed by atoms with van der Waals surface area (Å²) in [5.74, 6) is 0.0774. The molecule has 1 aromatic rings. The second-order valence-electron chi connectivity index (χ2n) is 3.83. The standard InChI is InChI=1S/C12H17NO2/c1-8(2)15-11-7-5-4-6-10(11)9(3)12(13)14/h4-9H,1-3H3,(H2,13,14). The zero-order valence-corrected chi connectivity index (χ0v) is 9.36. The Hall–Kier alpha value is -1.51. The van der Waals surface area contributed by atoms with Crippen molar-refractivity contribution < 1.29 is 9.53 Å². The molecule has 0 aliphatic heterocycles. The predicted octanol–water partition coefficient (Wildman–Crippen LogP) is 2.06. The summed E-state index contributed by atoms with van der Waals surface area (Å²) in [7, 11) is 0. The van der Waals surface area contributed by atoms with Gasteiger partial charge in [0.25, 0.3) is 0 Å². The van der Waals surface area contributed by atoms with E-state index in [0.717, 1.165) is 11.3 Å². The summed E-state index contributed by atoms with van der Waals surface area (Å²) in [4.78, 5) is 11.1. The first-order valence-electron chi connectivity index (χ1n) is 5.07. The van der Waals surface area contributed by atoms with Crippen LogP contribution in [0.5, 0.6) is 5.75 Å². The summed E-state index contributed by atoms with van der Waals surface area (Å²) >= 11 is 0. The third kappa shape index (κ3) is 2.98. The zero-order valence-electron chi connectivity index (χ0n) is 9.36. The Balaban J connectivity index is 3.00. The lowest BCUT2D eigenvalue weighted by Crippen LogP contribution is -2.20. The number of hydrogen-bond acceptors (Lipinski definition) is 2. The van der Waals surface area contributed by atoms with Gasteiger partial charge in [-0.3, -0.25) is 4.79 Å². The van der Waals surface area contributed by atoms with Crippen LogP contribution in [0.1, 0.15) is 32.3 Å². The van der Waals surface area contributed by atoms with Crippen LogP contribution in [0.25, 0.3) is 0 Å². The van der Waals surface area contributed by atoms with Crippen LogP contribution in [0, 0.1) is 0 Å². The number of rotatable bonds is 4. The molecule has 1 unspecified atom stereocenters. The fourth-order valence-corrected chi connectivity index (χ4v) is 1.35. The number of amides is 1. The first-order valence-corrected chi connectivity index (χ1v) is 5.07. The van der Waals surface area contributed by atoms with Gasteiger partial charge < -0.3 is 10.5 Å². The van der Waals surface area contributed by atoms with Gasteiger partial charge in [-0.15, -0.1) is 0 Å². The molecule has 3 nitrogen and oxygen atoms in total. The van der Waals surface area contributed by atoms with E-state index in [2.05, 4.69) is 0 Å². The van der Waals surface area contributed by atoms with Gasteiger partial charge in [0.1, 0.15) is 5.75 Å².